The predicted molar refractivity (Wildman–Crippen MR) is 181 cm³/mol. The summed E-state index contributed by atoms with van der Waals surface area (Å²) in [6.45, 7) is 22.6. The Balaban J connectivity index is 1.72. The van der Waals surface area contributed by atoms with Crippen LogP contribution in [-0.4, -0.2) is 23.3 Å². The van der Waals surface area contributed by atoms with Crippen molar-refractivity contribution in [3.63, 3.8) is 0 Å². The van der Waals surface area contributed by atoms with Crippen molar-refractivity contribution in [1.29, 1.82) is 0 Å². The summed E-state index contributed by atoms with van der Waals surface area (Å²) in [5.41, 5.74) is 9.39. The number of carbonyl (C=O) groups is 2. The van der Waals surface area contributed by atoms with Gasteiger partial charge in [-0.05, 0) is 110 Å². The molecule has 0 aromatic heterocycles. The van der Waals surface area contributed by atoms with Crippen LogP contribution in [0.5, 0.6) is 11.5 Å². The second kappa shape index (κ2) is 11.7. The normalized spacial score (nSPS) is 36.9. The zero-order valence-corrected chi connectivity index (χ0v) is 30.3. The van der Waals surface area contributed by atoms with Crippen molar-refractivity contribution in [3.8, 4) is 11.5 Å². The molecule has 5 nitrogen and oxygen atoms in total. The SMILES string of the molecule is C=C(C)Oc1c(OC(C)=O)cc2c(c1C)C(SC(=O)CC(F)(F)F)C=C1[C@@]2(C)CC[C@@]2(C)[C@@H]3C[C@](C)(C(C)N)CC[C@]3(C)CC[C@]12C. The maximum Gasteiger partial charge on any atom is 0.396 e. The Morgan fingerprint density at radius 1 is 1.04 bits per heavy atom. The quantitative estimate of drug-likeness (QED) is 0.140. The van der Waals surface area contributed by atoms with Crippen LogP contribution < -0.4 is 15.2 Å². The summed E-state index contributed by atoms with van der Waals surface area (Å²) in [4.78, 5) is 25.3. The number of benzene rings is 1. The molecule has 2 N–H and O–H groups in total. The highest BCUT2D eigenvalue weighted by Gasteiger charge is 2.67. The summed E-state index contributed by atoms with van der Waals surface area (Å²) in [5, 5.41) is -1.60. The number of halogens is 3. The van der Waals surface area contributed by atoms with Gasteiger partial charge in [-0.2, -0.15) is 13.2 Å². The number of esters is 1. The molecule has 0 amide bonds. The van der Waals surface area contributed by atoms with Crippen molar-refractivity contribution in [2.75, 3.05) is 0 Å². The molecule has 1 aromatic rings. The third kappa shape index (κ3) is 5.89. The third-order valence-electron chi connectivity index (χ3n) is 13.3. The minimum atomic E-state index is -4.61. The molecule has 3 fully saturated rings. The van der Waals surface area contributed by atoms with Crippen LogP contribution in [0.2, 0.25) is 0 Å². The molecule has 5 rings (SSSR count). The maximum absolute atomic E-state index is 13.5. The second-order valence-corrected chi connectivity index (χ2v) is 17.6. The van der Waals surface area contributed by atoms with E-state index in [2.05, 4.69) is 54.2 Å². The molecular weight excluding hydrogens is 623 g/mol. The predicted octanol–water partition coefficient (Wildman–Crippen LogP) is 10.0. The van der Waals surface area contributed by atoms with Crippen molar-refractivity contribution in [2.45, 2.75) is 137 Å². The van der Waals surface area contributed by atoms with Crippen LogP contribution in [-0.2, 0) is 15.0 Å². The van der Waals surface area contributed by atoms with Crippen molar-refractivity contribution in [1.82, 2.24) is 0 Å². The lowest BCUT2D eigenvalue weighted by Crippen LogP contribution is -2.63. The average Bonchev–Trinajstić information content (AvgIpc) is 2.93. The Kier molecular flexibility index (Phi) is 8.95. The number of nitrogens with two attached hydrogens (primary N) is 1. The number of fused-ring (bicyclic) bond motifs is 7. The van der Waals surface area contributed by atoms with Crippen molar-refractivity contribution >= 4 is 22.8 Å². The van der Waals surface area contributed by atoms with Gasteiger partial charge in [0, 0.05) is 23.9 Å². The van der Waals surface area contributed by atoms with Gasteiger partial charge in [0.2, 0.25) is 0 Å². The lowest BCUT2D eigenvalue weighted by atomic mass is 9.34. The summed E-state index contributed by atoms with van der Waals surface area (Å²) >= 11 is 0.731. The van der Waals surface area contributed by atoms with E-state index < -0.39 is 34.3 Å². The van der Waals surface area contributed by atoms with Crippen LogP contribution in [0.4, 0.5) is 13.2 Å². The standard InChI is InChI=1S/C38H52F3NO4S/c1-21(2)45-32-22(3)31-25(17-26(32)46-24(5)43)35(8)14-16-37(10)29-19-34(7,23(4)42)12-11-33(29,6)13-15-36(37,9)28(35)18-27(31)47-30(44)20-38(39,40)41/h17-18,23,27,29H,1,11-16,19-20,42H2,2-10H3/t23?,27?,29-,33-,34-,35+,36-,37+/m1/s1. The van der Waals surface area contributed by atoms with Crippen LogP contribution in [0.3, 0.4) is 0 Å². The highest BCUT2D eigenvalue weighted by molar-refractivity contribution is 8.13. The Morgan fingerprint density at radius 3 is 2.26 bits per heavy atom. The summed E-state index contributed by atoms with van der Waals surface area (Å²) in [7, 11) is 0. The summed E-state index contributed by atoms with van der Waals surface area (Å²) < 4.78 is 52.1. The van der Waals surface area contributed by atoms with Gasteiger partial charge in [0.05, 0.1) is 11.0 Å². The minimum absolute atomic E-state index is 0.0257. The molecular formula is C38H52F3NO4S. The fourth-order valence-corrected chi connectivity index (χ4v) is 11.2. The lowest BCUT2D eigenvalue weighted by molar-refractivity contribution is -0.161. The Labute approximate surface area is 282 Å². The molecule has 0 heterocycles. The van der Waals surface area contributed by atoms with Crippen molar-refractivity contribution in [2.24, 2.45) is 33.3 Å². The van der Waals surface area contributed by atoms with E-state index >= 15 is 0 Å². The number of ether oxygens (including phenoxy) is 2. The van der Waals surface area contributed by atoms with E-state index in [1.807, 2.05) is 13.0 Å². The minimum Gasteiger partial charge on any atom is -0.458 e. The lowest BCUT2D eigenvalue weighted by Gasteiger charge is -2.70. The number of allylic oxidation sites excluding steroid dienone is 2. The smallest absolute Gasteiger partial charge is 0.396 e. The summed E-state index contributed by atoms with van der Waals surface area (Å²) in [5.74, 6) is 0.809. The van der Waals surface area contributed by atoms with E-state index in [0.29, 0.717) is 23.0 Å². The van der Waals surface area contributed by atoms with E-state index in [4.69, 9.17) is 15.2 Å². The maximum atomic E-state index is 13.5. The van der Waals surface area contributed by atoms with E-state index in [9.17, 15) is 22.8 Å². The number of hydrogen-bond donors (Lipinski definition) is 1. The first-order chi connectivity index (χ1) is 21.5. The molecule has 9 heteroatoms. The van der Waals surface area contributed by atoms with Gasteiger partial charge < -0.3 is 15.2 Å². The van der Waals surface area contributed by atoms with Gasteiger partial charge in [-0.1, -0.05) is 64.6 Å². The molecule has 4 aliphatic carbocycles. The number of alkyl halides is 3. The van der Waals surface area contributed by atoms with Gasteiger partial charge in [0.15, 0.2) is 16.6 Å². The van der Waals surface area contributed by atoms with Gasteiger partial charge in [-0.25, -0.2) is 0 Å². The topological polar surface area (TPSA) is 78.6 Å². The van der Waals surface area contributed by atoms with Crippen molar-refractivity contribution in [3.05, 3.63) is 46.7 Å². The number of thioether (sulfide) groups is 1. The second-order valence-electron chi connectivity index (χ2n) is 16.4. The Hall–Kier alpha value is -2.26. The molecule has 1 aromatic carbocycles. The van der Waals surface area contributed by atoms with Gasteiger partial charge in [-0.15, -0.1) is 0 Å². The van der Waals surface area contributed by atoms with Crippen LogP contribution in [0, 0.1) is 34.5 Å². The highest BCUT2D eigenvalue weighted by Crippen LogP contribution is 2.75. The molecule has 3 saturated carbocycles. The van der Waals surface area contributed by atoms with Gasteiger partial charge in [-0.3, -0.25) is 9.59 Å². The van der Waals surface area contributed by atoms with E-state index in [1.54, 1.807) is 6.92 Å². The molecule has 2 unspecified atom stereocenters. The van der Waals surface area contributed by atoms with Gasteiger partial charge in [0.1, 0.15) is 6.42 Å². The zero-order valence-electron chi connectivity index (χ0n) is 29.5. The first-order valence-corrected chi connectivity index (χ1v) is 17.8. The largest absolute Gasteiger partial charge is 0.458 e. The van der Waals surface area contributed by atoms with Gasteiger partial charge >= 0.3 is 12.1 Å². The number of hydrogen-bond acceptors (Lipinski definition) is 6. The van der Waals surface area contributed by atoms with Crippen LogP contribution in [0.25, 0.3) is 0 Å². The summed E-state index contributed by atoms with van der Waals surface area (Å²) in [6.07, 6.45) is 3.04. The Bertz CT molecular complexity index is 1540. The van der Waals surface area contributed by atoms with E-state index in [-0.39, 0.29) is 33.5 Å². The van der Waals surface area contributed by atoms with Crippen LogP contribution >= 0.6 is 11.8 Å². The monoisotopic (exact) mass is 675 g/mol. The molecule has 0 saturated heterocycles. The molecule has 47 heavy (non-hydrogen) atoms. The first-order valence-electron chi connectivity index (χ1n) is 16.9. The van der Waals surface area contributed by atoms with E-state index in [1.165, 1.54) is 12.5 Å². The number of carbonyl (C=O) groups excluding carboxylic acids is 2. The molecule has 260 valence electrons. The molecule has 4 aliphatic rings. The van der Waals surface area contributed by atoms with E-state index in [0.717, 1.165) is 67.8 Å². The highest BCUT2D eigenvalue weighted by atomic mass is 32.2. The molecule has 8 atom stereocenters. The van der Waals surface area contributed by atoms with Gasteiger partial charge in [0.25, 0.3) is 0 Å². The molecule has 0 radical (unpaired) electrons. The van der Waals surface area contributed by atoms with Crippen LogP contribution in [0.1, 0.15) is 129 Å². The fourth-order valence-electron chi connectivity index (χ4n) is 10.1. The fraction of sp³-hybridized carbons (Fsp3) is 0.684. The zero-order chi connectivity index (χ0) is 35.1. The molecule has 0 aliphatic heterocycles. The summed E-state index contributed by atoms with van der Waals surface area (Å²) in [6, 6.07) is 1.90. The van der Waals surface area contributed by atoms with Crippen LogP contribution in [0.15, 0.2) is 30.1 Å². The number of rotatable bonds is 6. The average molecular weight is 676 g/mol. The molecule has 0 spiro atoms. The Morgan fingerprint density at radius 2 is 1.68 bits per heavy atom. The third-order valence-corrected chi connectivity index (χ3v) is 14.3. The van der Waals surface area contributed by atoms with Crippen molar-refractivity contribution < 1.29 is 32.2 Å². The molecule has 0 bridgehead atoms. The first kappa shape index (κ1) is 36.0.